The smallest absolute Gasteiger partial charge is 0.251 e. The Morgan fingerprint density at radius 3 is 2.36 bits per heavy atom. The number of carbonyl (C=O) groups excluding carboxylic acids is 2. The van der Waals surface area contributed by atoms with Crippen molar-refractivity contribution in [1.82, 2.24) is 14.8 Å². The third kappa shape index (κ3) is 6.04. The van der Waals surface area contributed by atoms with Gasteiger partial charge in [0.25, 0.3) is 5.91 Å². The lowest BCUT2D eigenvalue weighted by Crippen LogP contribution is -2.46. The summed E-state index contributed by atoms with van der Waals surface area (Å²) >= 11 is 0. The molecule has 0 radical (unpaired) electrons. The molecule has 172 valence electrons. The number of nitrogens with zero attached hydrogens (tertiary/aromatic N) is 2. The summed E-state index contributed by atoms with van der Waals surface area (Å²) in [4.78, 5) is 27.1. The van der Waals surface area contributed by atoms with Crippen LogP contribution >= 0.6 is 0 Å². The van der Waals surface area contributed by atoms with Gasteiger partial charge < -0.3 is 19.5 Å². The van der Waals surface area contributed by atoms with E-state index >= 15 is 0 Å². The molecule has 4 rings (SSSR count). The zero-order valence-electron chi connectivity index (χ0n) is 19.1. The summed E-state index contributed by atoms with van der Waals surface area (Å²) < 4.78 is 7.79. The summed E-state index contributed by atoms with van der Waals surface area (Å²) in [5.74, 6) is 0.974. The number of rotatable bonds is 8. The molecule has 0 bridgehead atoms. The summed E-state index contributed by atoms with van der Waals surface area (Å²) in [6, 6.07) is 19.5. The molecular weight excluding hydrogens is 414 g/mol. The standard InChI is InChI=1S/C27H31N3O3/c1-21-7-2-3-8-25(21)33-20-6-9-26(31)30-18-14-23(15-19-30)28-27(32)22-10-12-24(13-11-22)29-16-4-5-17-29/h2-5,7-8,10-13,16-17,23H,6,9,14-15,18-20H2,1H3,(H,28,32). The van der Waals surface area contributed by atoms with Crippen LogP contribution in [0.1, 0.15) is 41.6 Å². The second-order valence-corrected chi connectivity index (χ2v) is 8.48. The lowest BCUT2D eigenvalue weighted by molar-refractivity contribution is -0.132. The SMILES string of the molecule is Cc1ccccc1OCCCC(=O)N1CCC(NC(=O)c2ccc(-n3cccc3)cc2)CC1. The van der Waals surface area contributed by atoms with E-state index in [1.54, 1.807) is 0 Å². The highest BCUT2D eigenvalue weighted by Gasteiger charge is 2.24. The fraction of sp³-hybridized carbons (Fsp3) is 0.333. The molecule has 1 N–H and O–H groups in total. The molecule has 3 aromatic rings. The second kappa shape index (κ2) is 10.9. The number of aromatic nitrogens is 1. The van der Waals surface area contributed by atoms with E-state index in [1.165, 1.54) is 0 Å². The number of carbonyl (C=O) groups is 2. The average Bonchev–Trinajstić information content (AvgIpc) is 3.38. The van der Waals surface area contributed by atoms with Crippen LogP contribution in [0.2, 0.25) is 0 Å². The first-order valence-electron chi connectivity index (χ1n) is 11.6. The van der Waals surface area contributed by atoms with E-state index in [9.17, 15) is 9.59 Å². The second-order valence-electron chi connectivity index (χ2n) is 8.48. The minimum Gasteiger partial charge on any atom is -0.493 e. The van der Waals surface area contributed by atoms with Crippen molar-refractivity contribution >= 4 is 11.8 Å². The molecule has 1 aliphatic rings. The average molecular weight is 446 g/mol. The van der Waals surface area contributed by atoms with Gasteiger partial charge in [0.1, 0.15) is 5.75 Å². The Morgan fingerprint density at radius 2 is 1.67 bits per heavy atom. The Morgan fingerprint density at radius 1 is 0.970 bits per heavy atom. The fourth-order valence-electron chi connectivity index (χ4n) is 4.12. The van der Waals surface area contributed by atoms with Crippen molar-refractivity contribution in [1.29, 1.82) is 0 Å². The number of nitrogens with one attached hydrogen (secondary N) is 1. The van der Waals surface area contributed by atoms with Crippen molar-refractivity contribution in [2.24, 2.45) is 0 Å². The molecule has 2 amide bonds. The molecule has 0 saturated carbocycles. The maximum atomic E-state index is 12.6. The Labute approximate surface area is 195 Å². The predicted molar refractivity (Wildman–Crippen MR) is 129 cm³/mol. The molecule has 1 aliphatic heterocycles. The molecule has 0 atom stereocenters. The highest BCUT2D eigenvalue weighted by molar-refractivity contribution is 5.94. The van der Waals surface area contributed by atoms with E-state index in [2.05, 4.69) is 5.32 Å². The summed E-state index contributed by atoms with van der Waals surface area (Å²) in [7, 11) is 0. The summed E-state index contributed by atoms with van der Waals surface area (Å²) in [6.07, 6.45) is 6.68. The first-order valence-corrected chi connectivity index (χ1v) is 11.6. The number of aryl methyl sites for hydroxylation is 1. The molecule has 0 unspecified atom stereocenters. The highest BCUT2D eigenvalue weighted by atomic mass is 16.5. The molecule has 6 nitrogen and oxygen atoms in total. The van der Waals surface area contributed by atoms with E-state index in [0.717, 1.165) is 29.8 Å². The number of amides is 2. The fourth-order valence-corrected chi connectivity index (χ4v) is 4.12. The quantitative estimate of drug-likeness (QED) is 0.524. The van der Waals surface area contributed by atoms with Crippen LogP contribution in [-0.4, -0.2) is 47.0 Å². The third-order valence-electron chi connectivity index (χ3n) is 6.10. The van der Waals surface area contributed by atoms with Gasteiger partial charge in [-0.25, -0.2) is 0 Å². The van der Waals surface area contributed by atoms with Gasteiger partial charge in [0.15, 0.2) is 0 Å². The Kier molecular flexibility index (Phi) is 7.45. The van der Waals surface area contributed by atoms with Gasteiger partial charge in [-0.15, -0.1) is 0 Å². The summed E-state index contributed by atoms with van der Waals surface area (Å²) in [6.45, 7) is 3.90. The molecule has 1 fully saturated rings. The minimum atomic E-state index is -0.0628. The zero-order valence-corrected chi connectivity index (χ0v) is 19.1. The van der Waals surface area contributed by atoms with E-state index in [-0.39, 0.29) is 17.9 Å². The first kappa shape index (κ1) is 22.6. The zero-order chi connectivity index (χ0) is 23.0. The van der Waals surface area contributed by atoms with E-state index < -0.39 is 0 Å². The van der Waals surface area contributed by atoms with Crippen LogP contribution in [0.5, 0.6) is 5.75 Å². The molecule has 1 aromatic heterocycles. The number of hydrogen-bond acceptors (Lipinski definition) is 3. The highest BCUT2D eigenvalue weighted by Crippen LogP contribution is 2.17. The van der Waals surface area contributed by atoms with Crippen molar-refractivity contribution in [3.8, 4) is 11.4 Å². The number of ether oxygens (including phenoxy) is 1. The number of piperidine rings is 1. The topological polar surface area (TPSA) is 63.6 Å². The molecule has 2 heterocycles. The van der Waals surface area contributed by atoms with Crippen molar-refractivity contribution in [3.05, 3.63) is 84.2 Å². The van der Waals surface area contributed by atoms with Crippen LogP contribution in [0.3, 0.4) is 0 Å². The lowest BCUT2D eigenvalue weighted by Gasteiger charge is -2.32. The number of benzene rings is 2. The Balaban J connectivity index is 1.16. The summed E-state index contributed by atoms with van der Waals surface area (Å²) in [5, 5.41) is 3.12. The van der Waals surface area contributed by atoms with Gasteiger partial charge in [-0.3, -0.25) is 9.59 Å². The van der Waals surface area contributed by atoms with Crippen LogP contribution in [0.25, 0.3) is 5.69 Å². The van der Waals surface area contributed by atoms with Gasteiger partial charge in [0, 0.05) is 49.2 Å². The van der Waals surface area contributed by atoms with Crippen LogP contribution in [0.15, 0.2) is 73.1 Å². The molecule has 0 spiro atoms. The van der Waals surface area contributed by atoms with Gasteiger partial charge >= 0.3 is 0 Å². The van der Waals surface area contributed by atoms with Gasteiger partial charge in [0.2, 0.25) is 5.91 Å². The first-order chi connectivity index (χ1) is 16.1. The van der Waals surface area contributed by atoms with Crippen molar-refractivity contribution < 1.29 is 14.3 Å². The summed E-state index contributed by atoms with van der Waals surface area (Å²) in [5.41, 5.74) is 2.77. The molecule has 0 aliphatic carbocycles. The maximum Gasteiger partial charge on any atom is 0.251 e. The lowest BCUT2D eigenvalue weighted by atomic mass is 10.0. The Bertz CT molecular complexity index is 1050. The van der Waals surface area contributed by atoms with Crippen LogP contribution in [0.4, 0.5) is 0 Å². The molecule has 33 heavy (non-hydrogen) atoms. The molecule has 6 heteroatoms. The largest absolute Gasteiger partial charge is 0.493 e. The van der Waals surface area contributed by atoms with E-state index in [0.29, 0.717) is 38.1 Å². The van der Waals surface area contributed by atoms with Gasteiger partial charge in [-0.2, -0.15) is 0 Å². The van der Waals surface area contributed by atoms with Gasteiger partial charge in [-0.1, -0.05) is 18.2 Å². The minimum absolute atomic E-state index is 0.0628. The predicted octanol–water partition coefficient (Wildman–Crippen LogP) is 4.37. The van der Waals surface area contributed by atoms with E-state index in [4.69, 9.17) is 4.74 Å². The van der Waals surface area contributed by atoms with Crippen molar-refractivity contribution in [2.45, 2.75) is 38.6 Å². The van der Waals surface area contributed by atoms with Crippen LogP contribution < -0.4 is 10.1 Å². The number of para-hydroxylation sites is 1. The number of hydrogen-bond donors (Lipinski definition) is 1. The molecule has 2 aromatic carbocycles. The Hall–Kier alpha value is -3.54. The van der Waals surface area contributed by atoms with E-state index in [1.807, 2.05) is 89.4 Å². The third-order valence-corrected chi connectivity index (χ3v) is 6.10. The van der Waals surface area contributed by atoms with Crippen LogP contribution in [0, 0.1) is 6.92 Å². The normalized spacial score (nSPS) is 14.2. The maximum absolute atomic E-state index is 12.6. The monoisotopic (exact) mass is 445 g/mol. The van der Waals surface area contributed by atoms with Gasteiger partial charge in [0.05, 0.1) is 6.61 Å². The van der Waals surface area contributed by atoms with Crippen molar-refractivity contribution in [3.63, 3.8) is 0 Å². The number of likely N-dealkylation sites (tertiary alicyclic amines) is 1. The van der Waals surface area contributed by atoms with Crippen molar-refractivity contribution in [2.75, 3.05) is 19.7 Å². The van der Waals surface area contributed by atoms with Gasteiger partial charge in [-0.05, 0) is 74.2 Å². The molecular formula is C27H31N3O3. The molecule has 1 saturated heterocycles. The van der Waals surface area contributed by atoms with Crippen LogP contribution in [-0.2, 0) is 4.79 Å².